The highest BCUT2D eigenvalue weighted by Crippen LogP contribution is 2.29. The van der Waals surface area contributed by atoms with Gasteiger partial charge in [-0.05, 0) is 23.3 Å². The Hall–Kier alpha value is -2.16. The van der Waals surface area contributed by atoms with Gasteiger partial charge in [0.25, 0.3) is 5.54 Å². The number of hydrogen-bond acceptors (Lipinski definition) is 2. The van der Waals surface area contributed by atoms with Crippen LogP contribution in [0.1, 0.15) is 12.0 Å². The van der Waals surface area contributed by atoms with Crippen molar-refractivity contribution in [2.45, 2.75) is 12.0 Å². The van der Waals surface area contributed by atoms with Gasteiger partial charge in [0.15, 0.2) is 0 Å². The van der Waals surface area contributed by atoms with Crippen molar-refractivity contribution in [1.82, 2.24) is 0 Å². The average Bonchev–Trinajstić information content (AvgIpc) is 2.39. The summed E-state index contributed by atoms with van der Waals surface area (Å²) < 4.78 is 0. The summed E-state index contributed by atoms with van der Waals surface area (Å²) in [6, 6.07) is 9.83. The summed E-state index contributed by atoms with van der Waals surface area (Å²) >= 11 is 0. The molecule has 0 aliphatic heterocycles. The Bertz CT molecular complexity index is 502. The number of nitro groups is 1. The fourth-order valence-electron chi connectivity index (χ4n) is 1.85. The highest BCUT2D eigenvalue weighted by Gasteiger charge is 2.37. The molecular formula is C14H13NO2. The Balaban J connectivity index is 2.28. The van der Waals surface area contributed by atoms with Gasteiger partial charge in [-0.25, -0.2) is 0 Å². The zero-order chi connectivity index (χ0) is 12.3. The zero-order valence-corrected chi connectivity index (χ0v) is 9.37. The van der Waals surface area contributed by atoms with E-state index < -0.39 is 5.54 Å². The Kier molecular flexibility index (Phi) is 2.91. The number of benzene rings is 1. The highest BCUT2D eigenvalue weighted by atomic mass is 16.6. The van der Waals surface area contributed by atoms with E-state index in [-0.39, 0.29) is 4.92 Å². The predicted octanol–water partition coefficient (Wildman–Crippen LogP) is 3.23. The van der Waals surface area contributed by atoms with Crippen molar-refractivity contribution in [3.8, 4) is 0 Å². The molecule has 86 valence electrons. The van der Waals surface area contributed by atoms with Crippen molar-refractivity contribution < 1.29 is 4.92 Å². The van der Waals surface area contributed by atoms with Gasteiger partial charge in [-0.1, -0.05) is 49.1 Å². The van der Waals surface area contributed by atoms with Crippen LogP contribution in [0.3, 0.4) is 0 Å². The lowest BCUT2D eigenvalue weighted by atomic mass is 9.87. The van der Waals surface area contributed by atoms with Gasteiger partial charge in [0.05, 0.1) is 0 Å². The Morgan fingerprint density at radius 3 is 2.53 bits per heavy atom. The van der Waals surface area contributed by atoms with Gasteiger partial charge in [-0.3, -0.25) is 10.1 Å². The summed E-state index contributed by atoms with van der Waals surface area (Å²) in [5.74, 6) is 0. The molecule has 1 aromatic carbocycles. The second-order valence-corrected chi connectivity index (χ2v) is 4.02. The molecule has 1 aliphatic rings. The van der Waals surface area contributed by atoms with Gasteiger partial charge in [0.1, 0.15) is 0 Å². The summed E-state index contributed by atoms with van der Waals surface area (Å²) in [4.78, 5) is 10.7. The van der Waals surface area contributed by atoms with Crippen LogP contribution in [-0.2, 0) is 0 Å². The fraction of sp³-hybridized carbons (Fsp3) is 0.143. The largest absolute Gasteiger partial charge is 0.263 e. The second-order valence-electron chi connectivity index (χ2n) is 4.02. The van der Waals surface area contributed by atoms with E-state index in [0.717, 1.165) is 11.1 Å². The van der Waals surface area contributed by atoms with E-state index in [1.54, 1.807) is 12.2 Å². The second kappa shape index (κ2) is 4.37. The van der Waals surface area contributed by atoms with Crippen LogP contribution in [-0.4, -0.2) is 10.5 Å². The van der Waals surface area contributed by atoms with E-state index in [0.29, 0.717) is 6.42 Å². The predicted molar refractivity (Wildman–Crippen MR) is 68.1 cm³/mol. The molecule has 2 rings (SSSR count). The molecule has 0 spiro atoms. The lowest BCUT2D eigenvalue weighted by molar-refractivity contribution is -0.539. The summed E-state index contributed by atoms with van der Waals surface area (Å²) in [5, 5.41) is 11.0. The number of allylic oxidation sites excluding steroid dienone is 2. The molecule has 0 radical (unpaired) electrons. The lowest BCUT2D eigenvalue weighted by Crippen LogP contribution is -2.34. The third kappa shape index (κ3) is 2.04. The molecule has 1 atom stereocenters. The van der Waals surface area contributed by atoms with E-state index in [4.69, 9.17) is 0 Å². The van der Waals surface area contributed by atoms with Gasteiger partial charge in [-0.2, -0.15) is 0 Å². The summed E-state index contributed by atoms with van der Waals surface area (Å²) in [5.41, 5.74) is 0.952. The van der Waals surface area contributed by atoms with Crippen molar-refractivity contribution in [2.75, 3.05) is 0 Å². The molecule has 0 N–H and O–H groups in total. The molecule has 0 aromatic heterocycles. The first-order valence-electron chi connectivity index (χ1n) is 5.41. The maximum absolute atomic E-state index is 11.0. The first kappa shape index (κ1) is 11.3. The van der Waals surface area contributed by atoms with Gasteiger partial charge < -0.3 is 0 Å². The number of rotatable bonds is 3. The summed E-state index contributed by atoms with van der Waals surface area (Å²) in [7, 11) is 0. The van der Waals surface area contributed by atoms with Crippen molar-refractivity contribution >= 4 is 5.57 Å². The van der Waals surface area contributed by atoms with Crippen molar-refractivity contribution in [3.05, 3.63) is 76.9 Å². The number of hydrogen-bond donors (Lipinski definition) is 0. The van der Waals surface area contributed by atoms with E-state index in [1.807, 2.05) is 36.4 Å². The quantitative estimate of drug-likeness (QED) is 0.452. The molecule has 17 heavy (non-hydrogen) atoms. The monoisotopic (exact) mass is 227 g/mol. The third-order valence-corrected chi connectivity index (χ3v) is 3.00. The lowest BCUT2D eigenvalue weighted by Gasteiger charge is -2.20. The smallest absolute Gasteiger partial charge is 0.261 e. The molecule has 3 nitrogen and oxygen atoms in total. The van der Waals surface area contributed by atoms with Crippen LogP contribution in [0, 0.1) is 10.1 Å². The van der Waals surface area contributed by atoms with Crippen LogP contribution in [0.5, 0.6) is 0 Å². The highest BCUT2D eigenvalue weighted by molar-refractivity contribution is 5.75. The molecule has 0 bridgehead atoms. The SMILES string of the molecule is C=CC1([N+](=O)[O-])C=CC(c2ccccc2)=CC1. The topological polar surface area (TPSA) is 43.1 Å². The van der Waals surface area contributed by atoms with E-state index in [9.17, 15) is 10.1 Å². The normalized spacial score (nSPS) is 22.9. The van der Waals surface area contributed by atoms with Gasteiger partial charge in [-0.15, -0.1) is 0 Å². The Labute approximate surface area is 99.9 Å². The van der Waals surface area contributed by atoms with Crippen LogP contribution >= 0.6 is 0 Å². The van der Waals surface area contributed by atoms with Crippen molar-refractivity contribution in [3.63, 3.8) is 0 Å². The Morgan fingerprint density at radius 2 is 2.06 bits per heavy atom. The fourth-order valence-corrected chi connectivity index (χ4v) is 1.85. The molecule has 0 saturated heterocycles. The van der Waals surface area contributed by atoms with Crippen LogP contribution < -0.4 is 0 Å². The third-order valence-electron chi connectivity index (χ3n) is 3.00. The van der Waals surface area contributed by atoms with Crippen LogP contribution in [0.2, 0.25) is 0 Å². The molecule has 1 unspecified atom stereocenters. The number of nitrogens with zero attached hydrogens (tertiary/aromatic N) is 1. The molecule has 0 amide bonds. The first-order valence-corrected chi connectivity index (χ1v) is 5.41. The van der Waals surface area contributed by atoms with Gasteiger partial charge in [0.2, 0.25) is 0 Å². The van der Waals surface area contributed by atoms with Gasteiger partial charge >= 0.3 is 0 Å². The minimum Gasteiger partial charge on any atom is -0.263 e. The van der Waals surface area contributed by atoms with Crippen LogP contribution in [0.25, 0.3) is 5.57 Å². The maximum Gasteiger partial charge on any atom is 0.261 e. The molecule has 0 saturated carbocycles. The molecular weight excluding hydrogens is 214 g/mol. The molecule has 0 heterocycles. The van der Waals surface area contributed by atoms with Crippen LogP contribution in [0.4, 0.5) is 0 Å². The summed E-state index contributed by atoms with van der Waals surface area (Å²) in [6.45, 7) is 3.55. The average molecular weight is 227 g/mol. The van der Waals surface area contributed by atoms with Crippen molar-refractivity contribution in [2.24, 2.45) is 0 Å². The molecule has 3 heteroatoms. The van der Waals surface area contributed by atoms with Crippen LogP contribution in [0.15, 0.2) is 61.2 Å². The van der Waals surface area contributed by atoms with E-state index in [1.165, 1.54) is 6.08 Å². The van der Waals surface area contributed by atoms with Crippen molar-refractivity contribution in [1.29, 1.82) is 0 Å². The van der Waals surface area contributed by atoms with Gasteiger partial charge in [0, 0.05) is 11.3 Å². The standard InChI is InChI=1S/C14H13NO2/c1-2-14(15(16)17)10-8-13(9-11-14)12-6-4-3-5-7-12/h2-10H,1,11H2. The van der Waals surface area contributed by atoms with E-state index in [2.05, 4.69) is 6.58 Å². The minimum atomic E-state index is -1.14. The van der Waals surface area contributed by atoms with E-state index >= 15 is 0 Å². The minimum absolute atomic E-state index is 0.297. The molecule has 1 aliphatic carbocycles. The molecule has 1 aromatic rings. The first-order chi connectivity index (χ1) is 8.18. The zero-order valence-electron chi connectivity index (χ0n) is 9.37. The maximum atomic E-state index is 11.0. The Morgan fingerprint density at radius 1 is 1.35 bits per heavy atom. The summed E-state index contributed by atoms with van der Waals surface area (Å²) in [6.07, 6.45) is 7.04. The molecule has 0 fully saturated rings.